The Morgan fingerprint density at radius 1 is 1.19 bits per heavy atom. The second-order valence-corrected chi connectivity index (χ2v) is 13.1. The fourth-order valence-corrected chi connectivity index (χ4v) is 7.48. The third kappa shape index (κ3) is 6.29. The molecule has 0 aliphatic carbocycles. The molecule has 3 rings (SSSR count). The molecule has 8 heteroatoms. The zero-order valence-electron chi connectivity index (χ0n) is 20.1. The van der Waals surface area contributed by atoms with Crippen molar-refractivity contribution in [2.24, 2.45) is 16.7 Å². The van der Waals surface area contributed by atoms with E-state index in [9.17, 15) is 17.6 Å². The minimum atomic E-state index is -3.28. The predicted molar refractivity (Wildman–Crippen MR) is 126 cm³/mol. The lowest BCUT2D eigenvalue weighted by Gasteiger charge is -2.52. The maximum absolute atomic E-state index is 13.9. The summed E-state index contributed by atoms with van der Waals surface area (Å²) < 4.78 is 41.6. The maximum atomic E-state index is 13.9. The third-order valence-electron chi connectivity index (χ3n) is 6.59. The van der Waals surface area contributed by atoms with Crippen LogP contribution in [0.15, 0.2) is 18.2 Å². The lowest BCUT2D eigenvalue weighted by molar-refractivity contribution is -0.118. The van der Waals surface area contributed by atoms with Crippen LogP contribution in [0.3, 0.4) is 0 Å². The molecule has 1 spiro atoms. The molecule has 0 atom stereocenters. The normalized spacial score (nSPS) is 21.7. The summed E-state index contributed by atoms with van der Waals surface area (Å²) in [6, 6.07) is 4.67. The van der Waals surface area contributed by atoms with Gasteiger partial charge in [-0.25, -0.2) is 17.1 Å². The van der Waals surface area contributed by atoms with Crippen LogP contribution in [-0.4, -0.2) is 62.0 Å². The van der Waals surface area contributed by atoms with Gasteiger partial charge in [0.1, 0.15) is 5.82 Å². The van der Waals surface area contributed by atoms with E-state index in [-0.39, 0.29) is 40.6 Å². The van der Waals surface area contributed by atoms with Crippen molar-refractivity contribution in [3.05, 3.63) is 29.6 Å². The molecule has 32 heavy (non-hydrogen) atoms. The van der Waals surface area contributed by atoms with Gasteiger partial charge >= 0.3 is 0 Å². The topological polar surface area (TPSA) is 69.7 Å². The number of carbonyl (C=O) groups excluding carboxylic acids is 1. The molecule has 2 fully saturated rings. The van der Waals surface area contributed by atoms with Crippen molar-refractivity contribution in [1.29, 1.82) is 0 Å². The predicted octanol–water partition coefficient (Wildman–Crippen LogP) is 3.87. The van der Waals surface area contributed by atoms with Crippen molar-refractivity contribution in [1.82, 2.24) is 9.21 Å². The van der Waals surface area contributed by atoms with Gasteiger partial charge in [0.15, 0.2) is 0 Å². The summed E-state index contributed by atoms with van der Waals surface area (Å²) in [4.78, 5) is 14.6. The van der Waals surface area contributed by atoms with Crippen LogP contribution in [0.25, 0.3) is 0 Å². The highest BCUT2D eigenvalue weighted by molar-refractivity contribution is 7.89. The molecule has 2 heterocycles. The Labute approximate surface area is 192 Å². The molecule has 6 nitrogen and oxygen atoms in total. The fourth-order valence-electron chi connectivity index (χ4n) is 5.41. The van der Waals surface area contributed by atoms with Crippen molar-refractivity contribution >= 4 is 21.6 Å². The molecule has 2 saturated heterocycles. The van der Waals surface area contributed by atoms with E-state index in [0.717, 1.165) is 37.9 Å². The number of hydrogen-bond acceptors (Lipinski definition) is 4. The minimum Gasteiger partial charge on any atom is -0.322 e. The first kappa shape index (κ1) is 25.1. The van der Waals surface area contributed by atoms with Gasteiger partial charge in [-0.1, -0.05) is 33.8 Å². The van der Waals surface area contributed by atoms with Crippen molar-refractivity contribution < 1.29 is 17.6 Å². The number of carbonyl (C=O) groups is 1. The Bertz CT molecular complexity index is 938. The van der Waals surface area contributed by atoms with Crippen LogP contribution in [0, 0.1) is 29.5 Å². The highest BCUT2D eigenvalue weighted by Gasteiger charge is 2.47. The molecule has 0 radical (unpaired) electrons. The van der Waals surface area contributed by atoms with Crippen LogP contribution in [0.5, 0.6) is 0 Å². The average molecular weight is 468 g/mol. The average Bonchev–Trinajstić information content (AvgIpc) is 2.64. The van der Waals surface area contributed by atoms with Crippen LogP contribution in [0.1, 0.15) is 52.5 Å². The Hall–Kier alpha value is -1.51. The first-order chi connectivity index (χ1) is 14.8. The molecule has 0 bridgehead atoms. The number of nitrogens with zero attached hydrogens (tertiary/aromatic N) is 2. The minimum absolute atomic E-state index is 0.0541. The molecular weight excluding hydrogens is 429 g/mol. The van der Waals surface area contributed by atoms with E-state index in [1.54, 1.807) is 16.4 Å². The van der Waals surface area contributed by atoms with Gasteiger partial charge in [0.05, 0.1) is 18.0 Å². The van der Waals surface area contributed by atoms with E-state index in [1.165, 1.54) is 6.07 Å². The van der Waals surface area contributed by atoms with Crippen molar-refractivity contribution in [2.75, 3.05) is 43.8 Å². The lowest BCUT2D eigenvalue weighted by Crippen LogP contribution is -2.56. The monoisotopic (exact) mass is 467 g/mol. The third-order valence-corrected chi connectivity index (χ3v) is 8.72. The number of aryl methyl sites for hydroxylation is 1. The van der Waals surface area contributed by atoms with Crippen LogP contribution in [0.2, 0.25) is 0 Å². The van der Waals surface area contributed by atoms with Gasteiger partial charge in [0.25, 0.3) is 0 Å². The number of hydrogen-bond donors (Lipinski definition) is 1. The highest BCUT2D eigenvalue weighted by Crippen LogP contribution is 2.47. The Morgan fingerprint density at radius 3 is 2.47 bits per heavy atom. The summed E-state index contributed by atoms with van der Waals surface area (Å²) in [5.74, 6) is -0.384. The number of halogens is 1. The molecule has 0 aromatic heterocycles. The van der Waals surface area contributed by atoms with Crippen LogP contribution in [-0.2, 0) is 14.8 Å². The molecule has 2 aliphatic heterocycles. The van der Waals surface area contributed by atoms with Crippen molar-refractivity contribution in [3.63, 3.8) is 0 Å². The van der Waals surface area contributed by atoms with Crippen LogP contribution >= 0.6 is 0 Å². The molecule has 0 unspecified atom stereocenters. The summed E-state index contributed by atoms with van der Waals surface area (Å²) >= 11 is 0. The largest absolute Gasteiger partial charge is 0.322 e. The number of amides is 1. The van der Waals surface area contributed by atoms with Gasteiger partial charge in [0, 0.05) is 13.1 Å². The van der Waals surface area contributed by atoms with Crippen LogP contribution in [0.4, 0.5) is 10.1 Å². The van der Waals surface area contributed by atoms with Gasteiger partial charge in [-0.05, 0) is 73.7 Å². The van der Waals surface area contributed by atoms with E-state index in [2.05, 4.69) is 24.1 Å². The fraction of sp³-hybridized carbons (Fsp3) is 0.708. The number of benzene rings is 1. The van der Waals surface area contributed by atoms with Crippen molar-refractivity contribution in [3.8, 4) is 0 Å². The first-order valence-corrected chi connectivity index (χ1v) is 13.2. The van der Waals surface area contributed by atoms with E-state index in [1.807, 2.05) is 20.8 Å². The standard InChI is InChI=1S/C24H38FN3O3S/c1-18(2)14-32(30,31)28-16-23(4,5)15-24(17-28)8-10-27(11-9-24)13-22(29)26-21-12-19(3)6-7-20(21)25/h6-7,12,18H,8-11,13-17H2,1-5H3,(H,26,29). The SMILES string of the molecule is Cc1ccc(F)c(NC(=O)CN2CCC3(CC2)CN(S(=O)(=O)CC(C)C)CC(C)(C)C3)c1. The molecule has 1 amide bonds. The Kier molecular flexibility index (Phi) is 7.37. The molecule has 0 saturated carbocycles. The summed E-state index contributed by atoms with van der Waals surface area (Å²) in [7, 11) is -3.28. The van der Waals surface area contributed by atoms with E-state index in [4.69, 9.17) is 0 Å². The number of rotatable bonds is 6. The van der Waals surface area contributed by atoms with Crippen LogP contribution < -0.4 is 5.32 Å². The van der Waals surface area contributed by atoms with Gasteiger partial charge in [-0.15, -0.1) is 0 Å². The molecule has 1 N–H and O–H groups in total. The first-order valence-electron chi connectivity index (χ1n) is 11.6. The van der Waals surface area contributed by atoms with Gasteiger partial charge < -0.3 is 5.32 Å². The number of nitrogens with one attached hydrogen (secondary N) is 1. The Morgan fingerprint density at radius 2 is 1.84 bits per heavy atom. The zero-order chi connectivity index (χ0) is 23.7. The van der Waals surface area contributed by atoms with Gasteiger partial charge in [-0.2, -0.15) is 0 Å². The second-order valence-electron chi connectivity index (χ2n) is 11.1. The van der Waals surface area contributed by atoms with E-state index >= 15 is 0 Å². The molecule has 1 aromatic rings. The summed E-state index contributed by atoms with van der Waals surface area (Å²) in [6.07, 6.45) is 2.70. The van der Waals surface area contributed by atoms with Gasteiger partial charge in [-0.3, -0.25) is 9.69 Å². The summed E-state index contributed by atoms with van der Waals surface area (Å²) in [5.41, 5.74) is 0.966. The number of sulfonamides is 1. The molecule has 180 valence electrons. The zero-order valence-corrected chi connectivity index (χ0v) is 20.9. The smallest absolute Gasteiger partial charge is 0.238 e. The van der Waals surface area contributed by atoms with Gasteiger partial charge in [0.2, 0.25) is 15.9 Å². The van der Waals surface area contributed by atoms with E-state index < -0.39 is 15.8 Å². The van der Waals surface area contributed by atoms with E-state index in [0.29, 0.717) is 13.1 Å². The number of piperidine rings is 2. The highest BCUT2D eigenvalue weighted by atomic mass is 32.2. The lowest BCUT2D eigenvalue weighted by atomic mass is 9.65. The van der Waals surface area contributed by atoms with Crippen molar-refractivity contribution in [2.45, 2.75) is 53.9 Å². The number of anilines is 1. The molecule has 1 aromatic carbocycles. The number of likely N-dealkylation sites (tertiary alicyclic amines) is 1. The second kappa shape index (κ2) is 9.39. The summed E-state index contributed by atoms with van der Waals surface area (Å²) in [6.45, 7) is 12.9. The maximum Gasteiger partial charge on any atom is 0.238 e. The Balaban J connectivity index is 1.61. The summed E-state index contributed by atoms with van der Waals surface area (Å²) in [5, 5.41) is 2.68. The quantitative estimate of drug-likeness (QED) is 0.690. The molecular formula is C24H38FN3O3S. The molecule has 2 aliphatic rings.